The number of amides is 1. The number of hydrogen-bond donors (Lipinski definition) is 2. The van der Waals surface area contributed by atoms with Gasteiger partial charge in [0.2, 0.25) is 5.91 Å². The van der Waals surface area contributed by atoms with Crippen LogP contribution in [0, 0.1) is 5.82 Å². The molecule has 1 fully saturated rings. The minimum Gasteiger partial charge on any atom is -0.333 e. The van der Waals surface area contributed by atoms with Crippen LogP contribution in [0.15, 0.2) is 48.5 Å². The van der Waals surface area contributed by atoms with Crippen LogP contribution in [-0.2, 0) is 11.2 Å². The Balaban J connectivity index is 0.00000196. The van der Waals surface area contributed by atoms with Crippen LogP contribution in [0.25, 0.3) is 10.9 Å². The Labute approximate surface area is 157 Å². The Kier molecular flexibility index (Phi) is 5.54. The van der Waals surface area contributed by atoms with Gasteiger partial charge in [-0.1, -0.05) is 30.3 Å². The van der Waals surface area contributed by atoms with Gasteiger partial charge in [0.25, 0.3) is 0 Å². The minimum absolute atomic E-state index is 0. The van der Waals surface area contributed by atoms with Gasteiger partial charge in [-0.05, 0) is 23.8 Å². The van der Waals surface area contributed by atoms with Crippen molar-refractivity contribution in [3.63, 3.8) is 0 Å². The van der Waals surface area contributed by atoms with Gasteiger partial charge in [0.15, 0.2) is 0 Å². The number of nitrogens with zero attached hydrogens (tertiary/aromatic N) is 2. The molecule has 136 valence electrons. The van der Waals surface area contributed by atoms with E-state index in [9.17, 15) is 9.18 Å². The van der Waals surface area contributed by atoms with Crippen molar-refractivity contribution in [2.24, 2.45) is 0 Å². The van der Waals surface area contributed by atoms with E-state index in [0.29, 0.717) is 13.1 Å². The quantitative estimate of drug-likeness (QED) is 0.741. The van der Waals surface area contributed by atoms with Crippen LogP contribution < -0.4 is 5.32 Å². The molecule has 0 radical (unpaired) electrons. The SMILES string of the molecule is Cl.O=C(Cc1[nH]nc2ccccc12)N1CCNCC1c1cccc(F)c1. The molecule has 2 aromatic carbocycles. The van der Waals surface area contributed by atoms with Crippen molar-refractivity contribution < 1.29 is 9.18 Å². The lowest BCUT2D eigenvalue weighted by Crippen LogP contribution is -2.49. The number of para-hydroxylation sites is 1. The van der Waals surface area contributed by atoms with E-state index < -0.39 is 0 Å². The van der Waals surface area contributed by atoms with Gasteiger partial charge < -0.3 is 10.2 Å². The van der Waals surface area contributed by atoms with E-state index in [1.165, 1.54) is 12.1 Å². The lowest BCUT2D eigenvalue weighted by Gasteiger charge is -2.36. The lowest BCUT2D eigenvalue weighted by molar-refractivity contribution is -0.133. The predicted octanol–water partition coefficient (Wildman–Crippen LogP) is 2.84. The Morgan fingerprint density at radius 1 is 1.23 bits per heavy atom. The highest BCUT2D eigenvalue weighted by atomic mass is 35.5. The summed E-state index contributed by atoms with van der Waals surface area (Å²) in [6.45, 7) is 1.96. The molecule has 3 aromatic rings. The van der Waals surface area contributed by atoms with E-state index >= 15 is 0 Å². The smallest absolute Gasteiger partial charge is 0.229 e. The highest BCUT2D eigenvalue weighted by molar-refractivity contribution is 5.87. The summed E-state index contributed by atoms with van der Waals surface area (Å²) in [5.41, 5.74) is 2.49. The number of nitrogens with one attached hydrogen (secondary N) is 2. The molecule has 1 unspecified atom stereocenters. The molecule has 1 aromatic heterocycles. The standard InChI is InChI=1S/C19H19FN4O.ClH/c20-14-5-3-4-13(10-14)18-12-21-8-9-24(18)19(25)11-17-15-6-1-2-7-16(15)22-23-17;/h1-7,10,18,21H,8-9,11-12H2,(H,22,23);1H. The van der Waals surface area contributed by atoms with Crippen LogP contribution in [0.4, 0.5) is 4.39 Å². The normalized spacial score (nSPS) is 17.1. The highest BCUT2D eigenvalue weighted by Crippen LogP contribution is 2.24. The zero-order valence-electron chi connectivity index (χ0n) is 14.1. The molecule has 1 aliphatic heterocycles. The van der Waals surface area contributed by atoms with E-state index in [-0.39, 0.29) is 36.6 Å². The molecule has 4 rings (SSSR count). The maximum Gasteiger partial charge on any atom is 0.229 e. The van der Waals surface area contributed by atoms with E-state index in [0.717, 1.165) is 28.7 Å². The lowest BCUT2D eigenvalue weighted by atomic mass is 10.0. The number of halogens is 2. The van der Waals surface area contributed by atoms with Crippen molar-refractivity contribution in [2.45, 2.75) is 12.5 Å². The van der Waals surface area contributed by atoms with Crippen LogP contribution in [0.3, 0.4) is 0 Å². The molecule has 1 aliphatic rings. The summed E-state index contributed by atoms with van der Waals surface area (Å²) in [5.74, 6) is -0.264. The van der Waals surface area contributed by atoms with Gasteiger partial charge >= 0.3 is 0 Å². The van der Waals surface area contributed by atoms with Gasteiger partial charge in [0.05, 0.1) is 23.7 Å². The largest absolute Gasteiger partial charge is 0.333 e. The van der Waals surface area contributed by atoms with E-state index in [1.54, 1.807) is 6.07 Å². The molecule has 1 amide bonds. The molecular weight excluding hydrogens is 355 g/mol. The van der Waals surface area contributed by atoms with Gasteiger partial charge in [0.1, 0.15) is 5.82 Å². The topological polar surface area (TPSA) is 61.0 Å². The Morgan fingerprint density at radius 2 is 2.08 bits per heavy atom. The van der Waals surface area contributed by atoms with Crippen LogP contribution in [0.1, 0.15) is 17.3 Å². The molecule has 0 saturated carbocycles. The number of aromatic nitrogens is 2. The van der Waals surface area contributed by atoms with Crippen LogP contribution >= 0.6 is 12.4 Å². The average molecular weight is 375 g/mol. The fourth-order valence-electron chi connectivity index (χ4n) is 3.42. The third-order valence-corrected chi connectivity index (χ3v) is 4.67. The van der Waals surface area contributed by atoms with Crippen LogP contribution in [0.5, 0.6) is 0 Å². The summed E-state index contributed by atoms with van der Waals surface area (Å²) in [4.78, 5) is 14.8. The number of piperazine rings is 1. The van der Waals surface area contributed by atoms with Crippen molar-refractivity contribution in [1.29, 1.82) is 0 Å². The van der Waals surface area contributed by atoms with Gasteiger partial charge in [-0.25, -0.2) is 4.39 Å². The molecule has 1 atom stereocenters. The van der Waals surface area contributed by atoms with Gasteiger partial charge in [-0.15, -0.1) is 12.4 Å². The average Bonchev–Trinajstić information content (AvgIpc) is 3.05. The van der Waals surface area contributed by atoms with E-state index in [4.69, 9.17) is 0 Å². The first-order valence-electron chi connectivity index (χ1n) is 8.40. The molecule has 2 N–H and O–H groups in total. The summed E-state index contributed by atoms with van der Waals surface area (Å²) >= 11 is 0. The third kappa shape index (κ3) is 3.57. The summed E-state index contributed by atoms with van der Waals surface area (Å²) in [5, 5.41) is 11.5. The fraction of sp³-hybridized carbons (Fsp3) is 0.263. The first-order valence-corrected chi connectivity index (χ1v) is 8.40. The van der Waals surface area contributed by atoms with Gasteiger partial charge in [-0.3, -0.25) is 9.89 Å². The first kappa shape index (κ1) is 18.4. The minimum atomic E-state index is -0.282. The fourth-order valence-corrected chi connectivity index (χ4v) is 3.42. The number of carbonyl (C=O) groups is 1. The van der Waals surface area contributed by atoms with Crippen LogP contribution in [-0.4, -0.2) is 40.6 Å². The molecule has 0 spiro atoms. The molecule has 5 nitrogen and oxygen atoms in total. The summed E-state index contributed by atoms with van der Waals surface area (Å²) in [6, 6.07) is 14.1. The number of benzene rings is 2. The highest BCUT2D eigenvalue weighted by Gasteiger charge is 2.28. The third-order valence-electron chi connectivity index (χ3n) is 4.67. The molecule has 2 heterocycles. The molecule has 26 heavy (non-hydrogen) atoms. The molecule has 0 aliphatic carbocycles. The molecule has 0 bridgehead atoms. The molecule has 7 heteroatoms. The van der Waals surface area contributed by atoms with Crippen molar-refractivity contribution in [3.8, 4) is 0 Å². The zero-order valence-corrected chi connectivity index (χ0v) is 14.9. The monoisotopic (exact) mass is 374 g/mol. The Morgan fingerprint density at radius 3 is 2.92 bits per heavy atom. The number of aromatic amines is 1. The second-order valence-electron chi connectivity index (χ2n) is 6.26. The van der Waals surface area contributed by atoms with E-state index in [2.05, 4.69) is 15.5 Å². The number of carbonyl (C=O) groups excluding carboxylic acids is 1. The zero-order chi connectivity index (χ0) is 17.2. The van der Waals surface area contributed by atoms with Crippen molar-refractivity contribution >= 4 is 29.2 Å². The first-order chi connectivity index (χ1) is 12.2. The molecule has 1 saturated heterocycles. The second kappa shape index (κ2) is 7.85. The van der Waals surface area contributed by atoms with Gasteiger partial charge in [0, 0.05) is 25.0 Å². The second-order valence-corrected chi connectivity index (χ2v) is 6.26. The molecular formula is C19H20ClFN4O. The maximum absolute atomic E-state index is 13.6. The van der Waals surface area contributed by atoms with Gasteiger partial charge in [-0.2, -0.15) is 5.10 Å². The summed E-state index contributed by atoms with van der Waals surface area (Å²) < 4.78 is 13.6. The van der Waals surface area contributed by atoms with E-state index in [1.807, 2.05) is 35.2 Å². The Bertz CT molecular complexity index is 913. The summed E-state index contributed by atoms with van der Waals surface area (Å²) in [6.07, 6.45) is 0.256. The van der Waals surface area contributed by atoms with Crippen molar-refractivity contribution in [3.05, 3.63) is 65.6 Å². The van der Waals surface area contributed by atoms with Crippen molar-refractivity contribution in [1.82, 2.24) is 20.4 Å². The number of H-pyrrole nitrogens is 1. The number of hydrogen-bond acceptors (Lipinski definition) is 3. The maximum atomic E-state index is 13.6. The predicted molar refractivity (Wildman–Crippen MR) is 101 cm³/mol. The van der Waals surface area contributed by atoms with Crippen molar-refractivity contribution in [2.75, 3.05) is 19.6 Å². The summed E-state index contributed by atoms with van der Waals surface area (Å²) in [7, 11) is 0. The van der Waals surface area contributed by atoms with Crippen LogP contribution in [0.2, 0.25) is 0 Å². The Hall–Kier alpha value is -2.44. The number of rotatable bonds is 3. The number of fused-ring (bicyclic) bond motifs is 1.